The number of nitrogens with zero attached hydrogens (tertiary/aromatic N) is 4. The van der Waals surface area contributed by atoms with Crippen LogP contribution in [-0.2, 0) is 23.1 Å². The highest BCUT2D eigenvalue weighted by atomic mass is 35.5. The molecule has 8 heteroatoms. The summed E-state index contributed by atoms with van der Waals surface area (Å²) in [4.78, 5) is 2.53. The van der Waals surface area contributed by atoms with Crippen molar-refractivity contribution >= 4 is 21.6 Å². The van der Waals surface area contributed by atoms with E-state index in [1.807, 2.05) is 31.2 Å². The fraction of sp³-hybridized carbons (Fsp3) is 0.438. The maximum absolute atomic E-state index is 12.7. The van der Waals surface area contributed by atoms with Crippen LogP contribution in [0, 0.1) is 0 Å². The van der Waals surface area contributed by atoms with Crippen LogP contribution in [0.2, 0.25) is 5.02 Å². The molecule has 2 aromatic rings. The first-order valence-corrected chi connectivity index (χ1v) is 9.80. The third-order valence-corrected chi connectivity index (χ3v) is 6.33. The van der Waals surface area contributed by atoms with E-state index in [-0.39, 0.29) is 4.90 Å². The molecule has 1 aromatic carbocycles. The summed E-state index contributed by atoms with van der Waals surface area (Å²) in [5.74, 6) is 0. The van der Waals surface area contributed by atoms with Gasteiger partial charge >= 0.3 is 0 Å². The lowest BCUT2D eigenvalue weighted by Crippen LogP contribution is -2.48. The van der Waals surface area contributed by atoms with Gasteiger partial charge in [0.2, 0.25) is 10.0 Å². The van der Waals surface area contributed by atoms with E-state index in [9.17, 15) is 8.42 Å². The number of hydrogen-bond donors (Lipinski definition) is 0. The van der Waals surface area contributed by atoms with Gasteiger partial charge in [-0.1, -0.05) is 23.7 Å². The number of piperazine rings is 1. The minimum absolute atomic E-state index is 0.274. The molecule has 0 bridgehead atoms. The van der Waals surface area contributed by atoms with Crippen molar-refractivity contribution in [1.29, 1.82) is 0 Å². The smallest absolute Gasteiger partial charge is 0.246 e. The average molecular weight is 369 g/mol. The molecule has 6 nitrogen and oxygen atoms in total. The summed E-state index contributed by atoms with van der Waals surface area (Å²) in [6.07, 6.45) is 3.02. The van der Waals surface area contributed by atoms with Crippen LogP contribution in [-0.4, -0.2) is 53.6 Å². The van der Waals surface area contributed by atoms with Crippen LogP contribution in [0.5, 0.6) is 0 Å². The Hall–Kier alpha value is -1.41. The SMILES string of the molecule is CCn1cc(S(=O)(=O)N2CCN(Cc3ccc(Cl)cc3)CC2)cn1. The molecule has 1 fully saturated rings. The molecular weight excluding hydrogens is 348 g/mol. The van der Waals surface area contributed by atoms with Crippen LogP contribution in [0.4, 0.5) is 0 Å². The Balaban J connectivity index is 1.60. The molecule has 1 aromatic heterocycles. The van der Waals surface area contributed by atoms with Crippen LogP contribution in [0.1, 0.15) is 12.5 Å². The van der Waals surface area contributed by atoms with E-state index in [4.69, 9.17) is 11.6 Å². The quantitative estimate of drug-likeness (QED) is 0.810. The van der Waals surface area contributed by atoms with Gasteiger partial charge in [0.15, 0.2) is 0 Å². The standard InChI is InChI=1S/C16H21ClN4O2S/c1-2-20-13-16(11-18-20)24(22,23)21-9-7-19(8-10-21)12-14-3-5-15(17)6-4-14/h3-6,11,13H,2,7-10,12H2,1H3. The first-order chi connectivity index (χ1) is 11.5. The lowest BCUT2D eigenvalue weighted by Gasteiger charge is -2.33. The Labute approximate surface area is 147 Å². The van der Waals surface area contributed by atoms with Gasteiger partial charge in [-0.05, 0) is 24.6 Å². The van der Waals surface area contributed by atoms with Crippen molar-refractivity contribution in [3.63, 3.8) is 0 Å². The predicted molar refractivity (Wildman–Crippen MR) is 93.4 cm³/mol. The Bertz CT molecular complexity index is 781. The Kier molecular flexibility index (Phi) is 5.24. The molecule has 0 unspecified atom stereocenters. The minimum atomic E-state index is -3.45. The third-order valence-electron chi connectivity index (χ3n) is 4.22. The van der Waals surface area contributed by atoms with Crippen LogP contribution in [0.15, 0.2) is 41.6 Å². The Morgan fingerprint density at radius 2 is 1.79 bits per heavy atom. The second-order valence-electron chi connectivity index (χ2n) is 5.84. The summed E-state index contributed by atoms with van der Waals surface area (Å²) in [5.41, 5.74) is 1.18. The topological polar surface area (TPSA) is 58.4 Å². The van der Waals surface area contributed by atoms with Crippen molar-refractivity contribution in [3.05, 3.63) is 47.2 Å². The van der Waals surface area contributed by atoms with E-state index < -0.39 is 10.0 Å². The normalized spacial score (nSPS) is 17.2. The highest BCUT2D eigenvalue weighted by Gasteiger charge is 2.29. The Morgan fingerprint density at radius 1 is 1.12 bits per heavy atom. The van der Waals surface area contributed by atoms with Crippen LogP contribution in [0.25, 0.3) is 0 Å². The molecule has 0 radical (unpaired) electrons. The van der Waals surface area contributed by atoms with E-state index in [1.165, 1.54) is 11.8 Å². The van der Waals surface area contributed by atoms with E-state index in [1.54, 1.807) is 15.2 Å². The molecule has 24 heavy (non-hydrogen) atoms. The number of aromatic nitrogens is 2. The van der Waals surface area contributed by atoms with E-state index in [2.05, 4.69) is 10.00 Å². The molecule has 3 rings (SSSR count). The summed E-state index contributed by atoms with van der Waals surface area (Å²) in [6.45, 7) is 5.80. The molecule has 1 aliphatic rings. The zero-order valence-electron chi connectivity index (χ0n) is 13.6. The van der Waals surface area contributed by atoms with Crippen LogP contribution in [0.3, 0.4) is 0 Å². The maximum atomic E-state index is 12.7. The van der Waals surface area contributed by atoms with Crippen molar-refractivity contribution in [3.8, 4) is 0 Å². The summed E-state index contributed by atoms with van der Waals surface area (Å²) < 4.78 is 28.5. The zero-order valence-corrected chi connectivity index (χ0v) is 15.2. The predicted octanol–water partition coefficient (Wildman–Crippen LogP) is 2.06. The van der Waals surface area contributed by atoms with Crippen molar-refractivity contribution in [1.82, 2.24) is 19.0 Å². The van der Waals surface area contributed by atoms with E-state index in [0.29, 0.717) is 32.7 Å². The van der Waals surface area contributed by atoms with Gasteiger partial charge in [0.25, 0.3) is 0 Å². The van der Waals surface area contributed by atoms with Gasteiger partial charge in [-0.15, -0.1) is 0 Å². The highest BCUT2D eigenvalue weighted by Crippen LogP contribution is 2.18. The van der Waals surface area contributed by atoms with Gasteiger partial charge in [0.05, 0.1) is 6.20 Å². The van der Waals surface area contributed by atoms with Crippen molar-refractivity contribution < 1.29 is 8.42 Å². The molecule has 0 aliphatic carbocycles. The van der Waals surface area contributed by atoms with Crippen molar-refractivity contribution in [2.45, 2.75) is 24.9 Å². The fourth-order valence-electron chi connectivity index (χ4n) is 2.78. The number of hydrogen-bond acceptors (Lipinski definition) is 4. The van der Waals surface area contributed by atoms with Gasteiger partial charge < -0.3 is 0 Å². The van der Waals surface area contributed by atoms with Gasteiger partial charge in [0, 0.05) is 50.5 Å². The number of halogens is 1. The van der Waals surface area contributed by atoms with Gasteiger partial charge in [-0.25, -0.2) is 8.42 Å². The largest absolute Gasteiger partial charge is 0.296 e. The average Bonchev–Trinajstić information content (AvgIpc) is 3.07. The lowest BCUT2D eigenvalue weighted by molar-refractivity contribution is 0.181. The summed E-state index contributed by atoms with van der Waals surface area (Å²) in [5, 5.41) is 4.79. The van der Waals surface area contributed by atoms with Crippen molar-refractivity contribution in [2.75, 3.05) is 26.2 Å². The zero-order chi connectivity index (χ0) is 17.2. The van der Waals surface area contributed by atoms with Gasteiger partial charge in [-0.3, -0.25) is 9.58 Å². The Morgan fingerprint density at radius 3 is 2.38 bits per heavy atom. The molecule has 0 amide bonds. The molecule has 0 spiro atoms. The number of aryl methyl sites for hydroxylation is 1. The monoisotopic (exact) mass is 368 g/mol. The first kappa shape index (κ1) is 17.4. The van der Waals surface area contributed by atoms with Gasteiger partial charge in [-0.2, -0.15) is 9.40 Å². The lowest BCUT2D eigenvalue weighted by atomic mass is 10.2. The second kappa shape index (κ2) is 7.23. The van der Waals surface area contributed by atoms with E-state index >= 15 is 0 Å². The molecule has 1 saturated heterocycles. The summed E-state index contributed by atoms with van der Waals surface area (Å²) >= 11 is 5.90. The molecule has 0 saturated carbocycles. The number of rotatable bonds is 5. The third kappa shape index (κ3) is 3.80. The van der Waals surface area contributed by atoms with Crippen LogP contribution < -0.4 is 0 Å². The van der Waals surface area contributed by atoms with Crippen molar-refractivity contribution in [2.24, 2.45) is 0 Å². The highest BCUT2D eigenvalue weighted by molar-refractivity contribution is 7.89. The molecule has 1 aliphatic heterocycles. The second-order valence-corrected chi connectivity index (χ2v) is 8.21. The molecule has 0 N–H and O–H groups in total. The van der Waals surface area contributed by atoms with E-state index in [0.717, 1.165) is 11.6 Å². The number of benzene rings is 1. The summed E-state index contributed by atoms with van der Waals surface area (Å²) in [7, 11) is -3.45. The molecule has 2 heterocycles. The minimum Gasteiger partial charge on any atom is -0.296 e. The first-order valence-electron chi connectivity index (χ1n) is 7.98. The number of sulfonamides is 1. The molecular formula is C16H21ClN4O2S. The van der Waals surface area contributed by atoms with Crippen LogP contribution >= 0.6 is 11.6 Å². The summed E-state index contributed by atoms with van der Waals surface area (Å²) in [6, 6.07) is 7.77. The fourth-order valence-corrected chi connectivity index (χ4v) is 4.28. The maximum Gasteiger partial charge on any atom is 0.246 e. The molecule has 0 atom stereocenters. The molecule has 130 valence electrons. The van der Waals surface area contributed by atoms with Gasteiger partial charge in [0.1, 0.15) is 4.90 Å².